The molecule has 11 heavy (non-hydrogen) atoms. The molecule has 1 rings (SSSR count). The molecule has 0 N–H and O–H groups in total. The molecule has 0 aliphatic carbocycles. The van der Waals surface area contributed by atoms with Crippen molar-refractivity contribution in [3.05, 3.63) is 28.8 Å². The highest BCUT2D eigenvalue weighted by molar-refractivity contribution is 6.32. The van der Waals surface area contributed by atoms with Gasteiger partial charge in [-0.3, -0.25) is 4.79 Å². The Balaban J connectivity index is 3.20. The Morgan fingerprint density at radius 1 is 1.64 bits per heavy atom. The smallest absolute Gasteiger partial charge is 0.214 e. The van der Waals surface area contributed by atoms with Crippen LogP contribution in [0.2, 0.25) is 5.15 Å². The largest absolute Gasteiger partial charge is 0.294 e. The van der Waals surface area contributed by atoms with E-state index < -0.39 is 5.95 Å². The van der Waals surface area contributed by atoms with Gasteiger partial charge in [0.05, 0.1) is 5.56 Å². The average Bonchev–Trinajstić information content (AvgIpc) is 1.85. The lowest BCUT2D eigenvalue weighted by Gasteiger charge is -1.96. The molecule has 2 nitrogen and oxygen atoms in total. The van der Waals surface area contributed by atoms with Crippen LogP contribution in [0.4, 0.5) is 4.39 Å². The fourth-order valence-corrected chi connectivity index (χ4v) is 0.952. The van der Waals surface area contributed by atoms with E-state index in [0.29, 0.717) is 0 Å². The number of hydrogen-bond acceptors (Lipinski definition) is 2. The van der Waals surface area contributed by atoms with E-state index in [0.717, 1.165) is 6.07 Å². The molecule has 0 saturated carbocycles. The van der Waals surface area contributed by atoms with E-state index in [1.54, 1.807) is 0 Å². The minimum Gasteiger partial charge on any atom is -0.294 e. The summed E-state index contributed by atoms with van der Waals surface area (Å²) in [6.07, 6.45) is 0. The van der Waals surface area contributed by atoms with Gasteiger partial charge in [0.1, 0.15) is 5.15 Å². The van der Waals surface area contributed by atoms with Gasteiger partial charge in [0.15, 0.2) is 5.78 Å². The van der Waals surface area contributed by atoms with Crippen LogP contribution in [0.1, 0.15) is 17.3 Å². The van der Waals surface area contributed by atoms with Crippen LogP contribution in [0.15, 0.2) is 12.1 Å². The lowest BCUT2D eigenvalue weighted by atomic mass is 10.2. The summed E-state index contributed by atoms with van der Waals surface area (Å²) < 4.78 is 12.3. The van der Waals surface area contributed by atoms with E-state index in [1.807, 2.05) is 0 Å². The summed E-state index contributed by atoms with van der Waals surface area (Å²) in [4.78, 5) is 14.0. The molecule has 0 spiro atoms. The molecule has 0 aromatic carbocycles. The molecule has 58 valence electrons. The first kappa shape index (κ1) is 8.14. The van der Waals surface area contributed by atoms with Crippen LogP contribution in [-0.4, -0.2) is 10.8 Å². The molecule has 0 bridgehead atoms. The number of carbonyl (C=O) groups is 1. The van der Waals surface area contributed by atoms with E-state index in [2.05, 4.69) is 4.98 Å². The maximum absolute atomic E-state index is 12.3. The molecule has 0 fully saturated rings. The molecule has 1 aromatic rings. The zero-order chi connectivity index (χ0) is 8.43. The van der Waals surface area contributed by atoms with Gasteiger partial charge < -0.3 is 0 Å². The Hall–Kier alpha value is -0.960. The second kappa shape index (κ2) is 2.96. The van der Waals surface area contributed by atoms with Crippen molar-refractivity contribution in [1.82, 2.24) is 4.98 Å². The lowest BCUT2D eigenvalue weighted by molar-refractivity contribution is 0.101. The van der Waals surface area contributed by atoms with Crippen molar-refractivity contribution in [3.8, 4) is 0 Å². The van der Waals surface area contributed by atoms with Gasteiger partial charge in [-0.25, -0.2) is 4.98 Å². The number of carbonyl (C=O) groups excluding carboxylic acids is 1. The number of hydrogen-bond donors (Lipinski definition) is 0. The number of ketones is 1. The Morgan fingerprint density at radius 3 is 2.73 bits per heavy atom. The first-order valence-corrected chi connectivity index (χ1v) is 3.32. The second-order valence-corrected chi connectivity index (χ2v) is 2.39. The number of pyridine rings is 1. The molecule has 0 aliphatic rings. The molecule has 0 amide bonds. The summed E-state index contributed by atoms with van der Waals surface area (Å²) in [6, 6.07) is 2.41. The van der Waals surface area contributed by atoms with Crippen molar-refractivity contribution in [1.29, 1.82) is 0 Å². The second-order valence-electron chi connectivity index (χ2n) is 2.03. The molecular weight excluding hydrogens is 169 g/mol. The van der Waals surface area contributed by atoms with Crippen molar-refractivity contribution < 1.29 is 9.18 Å². The zero-order valence-corrected chi connectivity index (χ0v) is 6.52. The van der Waals surface area contributed by atoms with Gasteiger partial charge in [-0.15, -0.1) is 0 Å². The lowest BCUT2D eigenvalue weighted by Crippen LogP contribution is -1.96. The number of Topliss-reactive ketones (excluding diaryl/α,β-unsaturated/α-hetero) is 1. The van der Waals surface area contributed by atoms with Gasteiger partial charge in [-0.05, 0) is 19.1 Å². The maximum Gasteiger partial charge on any atom is 0.214 e. The van der Waals surface area contributed by atoms with E-state index in [-0.39, 0.29) is 16.5 Å². The van der Waals surface area contributed by atoms with Crippen LogP contribution in [0.25, 0.3) is 0 Å². The molecule has 0 unspecified atom stereocenters. The SMILES string of the molecule is CC(=O)c1ccc(F)nc1Cl. The third-order valence-corrected chi connectivity index (χ3v) is 1.48. The average molecular weight is 174 g/mol. The quantitative estimate of drug-likeness (QED) is 0.481. The number of halogens is 2. The van der Waals surface area contributed by atoms with Crippen molar-refractivity contribution in [2.75, 3.05) is 0 Å². The minimum absolute atomic E-state index is 0.0856. The standard InChI is InChI=1S/C7H5ClFNO/c1-4(11)5-2-3-6(9)10-7(5)8/h2-3H,1H3. The van der Waals surface area contributed by atoms with Crippen LogP contribution >= 0.6 is 11.6 Å². The predicted molar refractivity (Wildman–Crippen MR) is 39.2 cm³/mol. The van der Waals surface area contributed by atoms with Gasteiger partial charge in [0.25, 0.3) is 0 Å². The van der Waals surface area contributed by atoms with Gasteiger partial charge in [-0.1, -0.05) is 11.6 Å². The van der Waals surface area contributed by atoms with Crippen LogP contribution in [-0.2, 0) is 0 Å². The first-order chi connectivity index (χ1) is 5.11. The van der Waals surface area contributed by atoms with E-state index in [9.17, 15) is 9.18 Å². The van der Waals surface area contributed by atoms with Crippen molar-refractivity contribution in [3.63, 3.8) is 0 Å². The highest BCUT2D eigenvalue weighted by atomic mass is 35.5. The van der Waals surface area contributed by atoms with Crippen molar-refractivity contribution in [2.24, 2.45) is 0 Å². The van der Waals surface area contributed by atoms with E-state index in [4.69, 9.17) is 11.6 Å². The van der Waals surface area contributed by atoms with E-state index in [1.165, 1.54) is 13.0 Å². The summed E-state index contributed by atoms with van der Waals surface area (Å²) >= 11 is 5.45. The Labute approximate surface area is 68.0 Å². The van der Waals surface area contributed by atoms with Crippen LogP contribution in [0.5, 0.6) is 0 Å². The zero-order valence-electron chi connectivity index (χ0n) is 5.77. The number of nitrogens with zero attached hydrogens (tertiary/aromatic N) is 1. The molecule has 0 saturated heterocycles. The van der Waals surface area contributed by atoms with Gasteiger partial charge >= 0.3 is 0 Å². The van der Waals surface area contributed by atoms with Crippen LogP contribution in [0.3, 0.4) is 0 Å². The third kappa shape index (κ3) is 1.74. The Bertz CT molecular complexity index is 300. The Morgan fingerprint density at radius 2 is 2.27 bits per heavy atom. The highest BCUT2D eigenvalue weighted by Crippen LogP contribution is 2.13. The first-order valence-electron chi connectivity index (χ1n) is 2.94. The maximum atomic E-state index is 12.3. The number of aromatic nitrogens is 1. The fourth-order valence-electron chi connectivity index (χ4n) is 0.675. The minimum atomic E-state index is -0.681. The molecule has 4 heteroatoms. The monoisotopic (exact) mass is 173 g/mol. The molecule has 1 aromatic heterocycles. The van der Waals surface area contributed by atoms with Crippen LogP contribution in [0, 0.1) is 5.95 Å². The fraction of sp³-hybridized carbons (Fsp3) is 0.143. The van der Waals surface area contributed by atoms with Crippen molar-refractivity contribution >= 4 is 17.4 Å². The molecule has 0 radical (unpaired) electrons. The topological polar surface area (TPSA) is 30.0 Å². The highest BCUT2D eigenvalue weighted by Gasteiger charge is 2.06. The van der Waals surface area contributed by atoms with Gasteiger partial charge in [0.2, 0.25) is 5.95 Å². The third-order valence-electron chi connectivity index (χ3n) is 1.19. The predicted octanol–water partition coefficient (Wildman–Crippen LogP) is 2.08. The van der Waals surface area contributed by atoms with Gasteiger partial charge in [0, 0.05) is 0 Å². The van der Waals surface area contributed by atoms with Crippen LogP contribution < -0.4 is 0 Å². The molecule has 1 heterocycles. The summed E-state index contributed by atoms with van der Waals surface area (Å²) in [7, 11) is 0. The summed E-state index contributed by atoms with van der Waals surface area (Å²) in [5.74, 6) is -0.900. The van der Waals surface area contributed by atoms with Gasteiger partial charge in [-0.2, -0.15) is 4.39 Å². The van der Waals surface area contributed by atoms with E-state index >= 15 is 0 Å². The summed E-state index contributed by atoms with van der Waals surface area (Å²) in [6.45, 7) is 1.35. The molecule has 0 aliphatic heterocycles. The molecule has 0 atom stereocenters. The van der Waals surface area contributed by atoms with Crippen molar-refractivity contribution in [2.45, 2.75) is 6.92 Å². The summed E-state index contributed by atoms with van der Waals surface area (Å²) in [5.41, 5.74) is 0.244. The Kier molecular flexibility index (Phi) is 2.19. The molecular formula is C7H5ClFNO. The summed E-state index contributed by atoms with van der Waals surface area (Å²) in [5, 5.41) is -0.0856. The number of rotatable bonds is 1. The normalized spacial score (nSPS) is 9.73.